The lowest BCUT2D eigenvalue weighted by Gasteiger charge is -2.42. The molecule has 0 saturated heterocycles. The van der Waals surface area contributed by atoms with Crippen LogP contribution in [0, 0.1) is 11.3 Å². The van der Waals surface area contributed by atoms with Crippen LogP contribution in [0.15, 0.2) is 12.3 Å². The Morgan fingerprint density at radius 1 is 1.39 bits per heavy atom. The summed E-state index contributed by atoms with van der Waals surface area (Å²) in [6, 6.07) is 4.29. The van der Waals surface area contributed by atoms with Crippen LogP contribution in [0.2, 0.25) is 0 Å². The van der Waals surface area contributed by atoms with Gasteiger partial charge in [-0.2, -0.15) is 5.26 Å². The molecule has 0 atom stereocenters. The van der Waals surface area contributed by atoms with Crippen LogP contribution in [0.4, 0.5) is 11.5 Å². The van der Waals surface area contributed by atoms with Crippen LogP contribution >= 0.6 is 0 Å². The highest BCUT2D eigenvalue weighted by Crippen LogP contribution is 2.43. The van der Waals surface area contributed by atoms with Crippen LogP contribution in [0.25, 0.3) is 10.8 Å². The minimum absolute atomic E-state index is 0.0950. The summed E-state index contributed by atoms with van der Waals surface area (Å²) in [6.45, 7) is 6.13. The van der Waals surface area contributed by atoms with E-state index < -0.39 is 0 Å². The second-order valence-corrected chi connectivity index (χ2v) is 7.05. The van der Waals surface area contributed by atoms with Gasteiger partial charge in [-0.1, -0.05) is 0 Å². The fourth-order valence-corrected chi connectivity index (χ4v) is 3.21. The predicted octanol–water partition coefficient (Wildman–Crippen LogP) is 2.50. The number of nitrogens with one attached hydrogen (secondary N) is 1. The van der Waals surface area contributed by atoms with Gasteiger partial charge in [0.2, 0.25) is 0 Å². The van der Waals surface area contributed by atoms with Crippen molar-refractivity contribution in [2.75, 3.05) is 11.1 Å². The van der Waals surface area contributed by atoms with Crippen molar-refractivity contribution in [3.8, 4) is 6.07 Å². The summed E-state index contributed by atoms with van der Waals surface area (Å²) in [5.41, 5.74) is 13.7. The summed E-state index contributed by atoms with van der Waals surface area (Å²) in [5.74, 6) is 1.05. The summed E-state index contributed by atoms with van der Waals surface area (Å²) >= 11 is 0. The number of anilines is 2. The van der Waals surface area contributed by atoms with Crippen LogP contribution in [0.5, 0.6) is 0 Å². The summed E-state index contributed by atoms with van der Waals surface area (Å²) in [5, 5.41) is 14.2. The number of aromatic nitrogens is 2. The van der Waals surface area contributed by atoms with Crippen LogP contribution in [-0.2, 0) is 0 Å². The van der Waals surface area contributed by atoms with E-state index in [4.69, 9.17) is 11.5 Å². The number of pyridine rings is 2. The molecule has 2 heterocycles. The second kappa shape index (κ2) is 5.36. The fraction of sp³-hybridized carbons (Fsp3) is 0.471. The Morgan fingerprint density at radius 2 is 2.09 bits per heavy atom. The Morgan fingerprint density at radius 3 is 2.65 bits per heavy atom. The minimum atomic E-state index is -0.0950. The van der Waals surface area contributed by atoms with Gasteiger partial charge in [0.25, 0.3) is 0 Å². The molecule has 2 aromatic rings. The van der Waals surface area contributed by atoms with E-state index in [1.165, 1.54) is 0 Å². The van der Waals surface area contributed by atoms with E-state index in [0.29, 0.717) is 17.4 Å². The monoisotopic (exact) mass is 310 g/mol. The molecular weight excluding hydrogens is 288 g/mol. The molecule has 0 radical (unpaired) electrons. The average Bonchev–Trinajstić information content (AvgIpc) is 2.46. The third-order valence-corrected chi connectivity index (χ3v) is 4.32. The topological polar surface area (TPSA) is 114 Å². The van der Waals surface area contributed by atoms with E-state index in [9.17, 15) is 5.26 Å². The SMILES string of the molecule is CC(C)Nc1nc(C#N)c(N)c2cnc(C3CC(C)(N)C3)cc12. The molecule has 23 heavy (non-hydrogen) atoms. The maximum absolute atomic E-state index is 9.23. The van der Waals surface area contributed by atoms with Gasteiger partial charge < -0.3 is 16.8 Å². The van der Waals surface area contributed by atoms with Crippen LogP contribution in [0.3, 0.4) is 0 Å². The van der Waals surface area contributed by atoms with Gasteiger partial charge in [0.05, 0.1) is 5.69 Å². The van der Waals surface area contributed by atoms with Crippen LogP contribution < -0.4 is 16.8 Å². The zero-order chi connectivity index (χ0) is 16.8. The van der Waals surface area contributed by atoms with Crippen molar-refractivity contribution in [3.63, 3.8) is 0 Å². The Labute approximate surface area is 135 Å². The van der Waals surface area contributed by atoms with Crippen molar-refractivity contribution >= 4 is 22.3 Å². The number of hydrogen-bond acceptors (Lipinski definition) is 6. The van der Waals surface area contributed by atoms with Gasteiger partial charge in [0.1, 0.15) is 11.9 Å². The third-order valence-electron chi connectivity index (χ3n) is 4.32. The number of rotatable bonds is 3. The zero-order valence-electron chi connectivity index (χ0n) is 13.7. The maximum Gasteiger partial charge on any atom is 0.166 e. The highest BCUT2D eigenvalue weighted by molar-refractivity contribution is 6.00. The molecule has 1 fully saturated rings. The lowest BCUT2D eigenvalue weighted by Crippen LogP contribution is -2.48. The van der Waals surface area contributed by atoms with Gasteiger partial charge in [0, 0.05) is 40.2 Å². The van der Waals surface area contributed by atoms with Gasteiger partial charge in [-0.15, -0.1) is 0 Å². The van der Waals surface area contributed by atoms with Crippen LogP contribution in [0.1, 0.15) is 50.9 Å². The van der Waals surface area contributed by atoms with Crippen LogP contribution in [-0.4, -0.2) is 21.5 Å². The third kappa shape index (κ3) is 2.80. The number of nitrogens with two attached hydrogens (primary N) is 2. The van der Waals surface area contributed by atoms with E-state index in [1.807, 2.05) is 19.9 Å². The molecule has 0 amide bonds. The predicted molar refractivity (Wildman–Crippen MR) is 92.0 cm³/mol. The van der Waals surface area contributed by atoms with Gasteiger partial charge in [-0.05, 0) is 39.7 Å². The van der Waals surface area contributed by atoms with Crippen molar-refractivity contribution in [1.29, 1.82) is 5.26 Å². The molecule has 3 rings (SSSR count). The second-order valence-electron chi connectivity index (χ2n) is 7.05. The molecule has 5 N–H and O–H groups in total. The Kier molecular flexibility index (Phi) is 3.61. The zero-order valence-corrected chi connectivity index (χ0v) is 13.7. The molecule has 6 nitrogen and oxygen atoms in total. The first kappa shape index (κ1) is 15.5. The molecule has 0 unspecified atom stereocenters. The molecular formula is C17H22N6. The molecule has 0 aromatic carbocycles. The van der Waals surface area contributed by atoms with Crippen molar-refractivity contribution in [3.05, 3.63) is 23.7 Å². The first-order chi connectivity index (χ1) is 10.8. The van der Waals surface area contributed by atoms with E-state index in [0.717, 1.165) is 29.3 Å². The van der Waals surface area contributed by atoms with Crippen molar-refractivity contribution in [1.82, 2.24) is 9.97 Å². The number of nitrogen functional groups attached to an aromatic ring is 1. The Bertz CT molecular complexity index is 795. The van der Waals surface area contributed by atoms with E-state index in [-0.39, 0.29) is 17.3 Å². The summed E-state index contributed by atoms with van der Waals surface area (Å²) in [4.78, 5) is 8.93. The van der Waals surface area contributed by atoms with E-state index >= 15 is 0 Å². The summed E-state index contributed by atoms with van der Waals surface area (Å²) < 4.78 is 0. The molecule has 0 aliphatic heterocycles. The summed E-state index contributed by atoms with van der Waals surface area (Å²) in [6.07, 6.45) is 3.61. The fourth-order valence-electron chi connectivity index (χ4n) is 3.21. The van der Waals surface area contributed by atoms with Gasteiger partial charge in [0.15, 0.2) is 5.69 Å². The first-order valence-electron chi connectivity index (χ1n) is 7.85. The average molecular weight is 310 g/mol. The first-order valence-corrected chi connectivity index (χ1v) is 7.85. The Balaban J connectivity index is 2.11. The highest BCUT2D eigenvalue weighted by Gasteiger charge is 2.38. The largest absolute Gasteiger partial charge is 0.396 e. The minimum Gasteiger partial charge on any atom is -0.396 e. The van der Waals surface area contributed by atoms with Gasteiger partial charge >= 0.3 is 0 Å². The molecule has 0 spiro atoms. The normalized spacial score (nSPS) is 23.6. The number of hydrogen-bond donors (Lipinski definition) is 3. The quantitative estimate of drug-likeness (QED) is 0.802. The van der Waals surface area contributed by atoms with Gasteiger partial charge in [-0.25, -0.2) is 4.98 Å². The maximum atomic E-state index is 9.23. The van der Waals surface area contributed by atoms with E-state index in [2.05, 4.69) is 28.3 Å². The van der Waals surface area contributed by atoms with Crippen molar-refractivity contribution in [2.24, 2.45) is 5.73 Å². The number of fused-ring (bicyclic) bond motifs is 1. The molecule has 120 valence electrons. The number of nitrogens with zero attached hydrogens (tertiary/aromatic N) is 3. The van der Waals surface area contributed by atoms with Crippen molar-refractivity contribution in [2.45, 2.75) is 51.1 Å². The lowest BCUT2D eigenvalue weighted by atomic mass is 9.68. The molecule has 6 heteroatoms. The smallest absolute Gasteiger partial charge is 0.166 e. The molecule has 2 aromatic heterocycles. The number of nitriles is 1. The van der Waals surface area contributed by atoms with Crippen molar-refractivity contribution < 1.29 is 0 Å². The molecule has 1 aliphatic carbocycles. The summed E-state index contributed by atoms with van der Waals surface area (Å²) in [7, 11) is 0. The molecule has 1 aliphatic rings. The molecule has 1 saturated carbocycles. The van der Waals surface area contributed by atoms with Gasteiger partial charge in [-0.3, -0.25) is 4.98 Å². The molecule has 0 bridgehead atoms. The van der Waals surface area contributed by atoms with E-state index in [1.54, 1.807) is 6.20 Å². The standard InChI is InChI=1S/C17H22N6/c1-9(2)22-16-11-4-13(10-5-17(3,20)6-10)21-8-12(11)15(19)14(7-18)23-16/h4,8-10H,5-6,19-20H2,1-3H3,(H,22,23). The lowest BCUT2D eigenvalue weighted by molar-refractivity contribution is 0.227. The Hall–Kier alpha value is -2.39. The highest BCUT2D eigenvalue weighted by atomic mass is 15.0.